The van der Waals surface area contributed by atoms with Gasteiger partial charge in [-0.05, 0) is 25.3 Å². The van der Waals surface area contributed by atoms with E-state index in [4.69, 9.17) is 4.74 Å². The van der Waals surface area contributed by atoms with E-state index in [1.165, 1.54) is 0 Å². The molecule has 2 rings (SSSR count). The van der Waals surface area contributed by atoms with Crippen LogP contribution in [-0.4, -0.2) is 53.6 Å². The van der Waals surface area contributed by atoms with E-state index in [1.807, 2.05) is 42.5 Å². The fourth-order valence-electron chi connectivity index (χ4n) is 3.11. The Morgan fingerprint density at radius 3 is 2.72 bits per heavy atom. The van der Waals surface area contributed by atoms with Crippen molar-refractivity contribution in [3.8, 4) is 0 Å². The Bertz CT molecular complexity index is 704. The summed E-state index contributed by atoms with van der Waals surface area (Å²) in [5.41, 5.74) is 0.966. The van der Waals surface area contributed by atoms with Crippen molar-refractivity contribution >= 4 is 17.8 Å². The quantitative estimate of drug-likeness (QED) is 0.559. The highest BCUT2D eigenvalue weighted by Crippen LogP contribution is 2.16. The van der Waals surface area contributed by atoms with Crippen molar-refractivity contribution in [3.05, 3.63) is 48.0 Å². The zero-order valence-corrected chi connectivity index (χ0v) is 16.9. The van der Waals surface area contributed by atoms with Crippen molar-refractivity contribution in [1.29, 1.82) is 0 Å². The predicted molar refractivity (Wildman–Crippen MR) is 109 cm³/mol. The Morgan fingerprint density at radius 1 is 1.24 bits per heavy atom. The number of carbonyl (C=O) groups is 3. The Balaban J connectivity index is 2.06. The summed E-state index contributed by atoms with van der Waals surface area (Å²) in [5.74, 6) is -1.23. The number of nitrogens with zero attached hydrogens (tertiary/aromatic N) is 1. The van der Waals surface area contributed by atoms with E-state index < -0.39 is 5.92 Å². The van der Waals surface area contributed by atoms with Crippen LogP contribution in [0.1, 0.15) is 38.2 Å². The van der Waals surface area contributed by atoms with E-state index in [1.54, 1.807) is 11.8 Å². The standard InChI is InChI=1S/C22H30N2O5/c1-17-16-29-21(27)11-7-3-6-10-19(22(28)23-17)14-20(26)24(12-13-25)15-18-8-4-2-5-9-18/h2-6,8-9,17,19,25H,7,10-16H2,1H3,(H,23,28)/b6-3-/t17-,19+/m0/s1. The number of esters is 1. The van der Waals surface area contributed by atoms with Crippen LogP contribution in [0.5, 0.6) is 0 Å². The monoisotopic (exact) mass is 402 g/mol. The molecule has 158 valence electrons. The van der Waals surface area contributed by atoms with E-state index in [9.17, 15) is 19.5 Å². The molecule has 1 aliphatic rings. The summed E-state index contributed by atoms with van der Waals surface area (Å²) >= 11 is 0. The van der Waals surface area contributed by atoms with Crippen LogP contribution in [0, 0.1) is 5.92 Å². The van der Waals surface area contributed by atoms with Crippen molar-refractivity contribution in [2.24, 2.45) is 5.92 Å². The molecule has 2 atom stereocenters. The van der Waals surface area contributed by atoms with Crippen molar-refractivity contribution in [2.45, 2.75) is 45.2 Å². The van der Waals surface area contributed by atoms with Gasteiger partial charge in [-0.2, -0.15) is 0 Å². The molecule has 1 aromatic carbocycles. The first-order valence-corrected chi connectivity index (χ1v) is 10.0. The number of hydrogen-bond acceptors (Lipinski definition) is 5. The number of aliphatic hydroxyl groups is 1. The molecule has 7 nitrogen and oxygen atoms in total. The van der Waals surface area contributed by atoms with Gasteiger partial charge in [-0.1, -0.05) is 42.5 Å². The summed E-state index contributed by atoms with van der Waals surface area (Å²) in [4.78, 5) is 38.7. The number of benzene rings is 1. The van der Waals surface area contributed by atoms with Crippen molar-refractivity contribution in [3.63, 3.8) is 0 Å². The maximum atomic E-state index is 12.9. The Kier molecular flexibility index (Phi) is 9.37. The minimum atomic E-state index is -0.520. The predicted octanol–water partition coefficient (Wildman–Crippen LogP) is 1.80. The van der Waals surface area contributed by atoms with Gasteiger partial charge in [0, 0.05) is 25.9 Å². The molecule has 1 aromatic rings. The normalized spacial score (nSPS) is 21.9. The highest BCUT2D eigenvalue weighted by atomic mass is 16.5. The van der Waals surface area contributed by atoms with Gasteiger partial charge >= 0.3 is 5.97 Å². The summed E-state index contributed by atoms with van der Waals surface area (Å²) in [6, 6.07) is 9.22. The average Bonchev–Trinajstić information content (AvgIpc) is 2.70. The molecular formula is C22H30N2O5. The van der Waals surface area contributed by atoms with Gasteiger partial charge in [-0.25, -0.2) is 0 Å². The number of aliphatic hydroxyl groups excluding tert-OH is 1. The second-order valence-corrected chi connectivity index (χ2v) is 7.26. The molecule has 0 spiro atoms. The second-order valence-electron chi connectivity index (χ2n) is 7.26. The molecule has 0 unspecified atom stereocenters. The Hall–Kier alpha value is -2.67. The number of amides is 2. The molecule has 0 radical (unpaired) electrons. The van der Waals surface area contributed by atoms with Crippen LogP contribution in [0.25, 0.3) is 0 Å². The summed E-state index contributed by atoms with van der Waals surface area (Å²) in [7, 11) is 0. The first kappa shape index (κ1) is 22.6. The topological polar surface area (TPSA) is 95.9 Å². The van der Waals surface area contributed by atoms with Gasteiger partial charge in [0.2, 0.25) is 11.8 Å². The fourth-order valence-corrected chi connectivity index (χ4v) is 3.11. The third-order valence-electron chi connectivity index (χ3n) is 4.72. The van der Waals surface area contributed by atoms with E-state index in [-0.39, 0.29) is 50.0 Å². The van der Waals surface area contributed by atoms with Crippen LogP contribution in [0.4, 0.5) is 0 Å². The van der Waals surface area contributed by atoms with Gasteiger partial charge in [0.05, 0.1) is 18.6 Å². The van der Waals surface area contributed by atoms with Crippen LogP contribution in [0.3, 0.4) is 0 Å². The molecule has 1 heterocycles. The zero-order valence-electron chi connectivity index (χ0n) is 16.9. The van der Waals surface area contributed by atoms with Crippen molar-refractivity contribution < 1.29 is 24.2 Å². The SMILES string of the molecule is C[C@H]1COC(=O)CC/C=C\C[C@H](CC(=O)N(CCO)Cc2ccccc2)C(=O)N1. The lowest BCUT2D eigenvalue weighted by Crippen LogP contribution is -2.42. The number of rotatable bonds is 6. The largest absolute Gasteiger partial charge is 0.463 e. The molecule has 0 aliphatic carbocycles. The first-order chi connectivity index (χ1) is 14.0. The molecular weight excluding hydrogens is 372 g/mol. The lowest BCUT2D eigenvalue weighted by atomic mass is 9.98. The molecule has 0 bridgehead atoms. The lowest BCUT2D eigenvalue weighted by molar-refractivity contribution is -0.145. The minimum absolute atomic E-state index is 0.0511. The molecule has 0 aromatic heterocycles. The number of nitrogens with one attached hydrogen (secondary N) is 1. The van der Waals surface area contributed by atoms with Crippen molar-refractivity contribution in [2.75, 3.05) is 19.8 Å². The summed E-state index contributed by atoms with van der Waals surface area (Å²) < 4.78 is 5.14. The molecule has 0 saturated carbocycles. The molecule has 0 fully saturated rings. The third-order valence-corrected chi connectivity index (χ3v) is 4.72. The Morgan fingerprint density at radius 2 is 2.00 bits per heavy atom. The van der Waals surface area contributed by atoms with Crippen molar-refractivity contribution in [1.82, 2.24) is 10.2 Å². The molecule has 29 heavy (non-hydrogen) atoms. The first-order valence-electron chi connectivity index (χ1n) is 10.0. The van der Waals surface area contributed by atoms with Crippen LogP contribution < -0.4 is 5.32 Å². The highest BCUT2D eigenvalue weighted by molar-refractivity contribution is 5.86. The van der Waals surface area contributed by atoms with Gasteiger partial charge in [-0.3, -0.25) is 14.4 Å². The maximum Gasteiger partial charge on any atom is 0.306 e. The maximum absolute atomic E-state index is 12.9. The van der Waals surface area contributed by atoms with E-state index in [0.717, 1.165) is 5.56 Å². The van der Waals surface area contributed by atoms with Crippen LogP contribution >= 0.6 is 0 Å². The van der Waals surface area contributed by atoms with Gasteiger partial charge in [0.25, 0.3) is 0 Å². The van der Waals surface area contributed by atoms with Gasteiger partial charge < -0.3 is 20.1 Å². The number of allylic oxidation sites excluding steroid dienone is 2. The van der Waals surface area contributed by atoms with E-state index >= 15 is 0 Å². The minimum Gasteiger partial charge on any atom is -0.463 e. The summed E-state index contributed by atoms with van der Waals surface area (Å²) in [6.07, 6.45) is 4.98. The number of hydrogen-bond donors (Lipinski definition) is 2. The van der Waals surface area contributed by atoms with E-state index in [2.05, 4.69) is 5.32 Å². The number of ether oxygens (including phenoxy) is 1. The molecule has 2 N–H and O–H groups in total. The van der Waals surface area contributed by atoms with Gasteiger partial charge in [0.1, 0.15) is 6.61 Å². The zero-order chi connectivity index (χ0) is 21.1. The summed E-state index contributed by atoms with van der Waals surface area (Å²) in [5, 5.41) is 12.2. The molecule has 0 saturated heterocycles. The third kappa shape index (κ3) is 8.07. The molecule has 7 heteroatoms. The van der Waals surface area contributed by atoms with Crippen LogP contribution in [-0.2, 0) is 25.7 Å². The molecule has 2 amide bonds. The van der Waals surface area contributed by atoms with E-state index in [0.29, 0.717) is 25.8 Å². The molecule has 1 aliphatic heterocycles. The van der Waals surface area contributed by atoms with Crippen LogP contribution in [0.2, 0.25) is 0 Å². The number of carbonyl (C=O) groups excluding carboxylic acids is 3. The Labute approximate surface area is 171 Å². The van der Waals surface area contributed by atoms with Crippen LogP contribution in [0.15, 0.2) is 42.5 Å². The lowest BCUT2D eigenvalue weighted by Gasteiger charge is -2.25. The van der Waals surface area contributed by atoms with Gasteiger partial charge in [0.15, 0.2) is 0 Å². The number of cyclic esters (lactones) is 1. The van der Waals surface area contributed by atoms with Gasteiger partial charge in [-0.15, -0.1) is 0 Å². The average molecular weight is 402 g/mol. The fraction of sp³-hybridized carbons (Fsp3) is 0.500. The smallest absolute Gasteiger partial charge is 0.306 e. The second kappa shape index (κ2) is 12.0. The highest BCUT2D eigenvalue weighted by Gasteiger charge is 2.25. The summed E-state index contributed by atoms with van der Waals surface area (Å²) in [6.45, 7) is 2.33.